The summed E-state index contributed by atoms with van der Waals surface area (Å²) in [7, 11) is 0. The zero-order valence-electron chi connectivity index (χ0n) is 17.6. The van der Waals surface area contributed by atoms with Crippen LogP contribution in [0.25, 0.3) is 0 Å². The molecule has 162 valence electrons. The molecule has 0 spiro atoms. The van der Waals surface area contributed by atoms with Crippen molar-refractivity contribution < 1.29 is 9.90 Å². The summed E-state index contributed by atoms with van der Waals surface area (Å²) in [6.07, 6.45) is 0.628. The third kappa shape index (κ3) is 4.78. The van der Waals surface area contributed by atoms with Crippen LogP contribution in [0.2, 0.25) is 0 Å². The molecule has 3 aromatic carbocycles. The zero-order valence-corrected chi connectivity index (χ0v) is 17.6. The topological polar surface area (TPSA) is 106 Å². The molecule has 7 heteroatoms. The predicted molar refractivity (Wildman–Crippen MR) is 128 cm³/mol. The number of aliphatic imine (C=N–C) groups is 1. The van der Waals surface area contributed by atoms with Crippen LogP contribution in [-0.2, 0) is 11.2 Å². The number of carboxylic acid groups (broad SMARTS) is 1. The molecule has 32 heavy (non-hydrogen) atoms. The quantitative estimate of drug-likeness (QED) is 0.390. The summed E-state index contributed by atoms with van der Waals surface area (Å²) in [5.74, 6) is 0.0585. The van der Waals surface area contributed by atoms with Crippen molar-refractivity contribution in [2.24, 2.45) is 10.7 Å². The van der Waals surface area contributed by atoms with Crippen LogP contribution < -0.4 is 15.5 Å². The molecule has 1 fully saturated rings. The summed E-state index contributed by atoms with van der Waals surface area (Å²) in [4.78, 5) is 20.1. The molecule has 0 aromatic heterocycles. The summed E-state index contributed by atoms with van der Waals surface area (Å²) in [6.45, 7) is 1.51. The fraction of sp³-hybridized carbons (Fsp3) is 0.160. The minimum absolute atomic E-state index is 0.0424. The van der Waals surface area contributed by atoms with E-state index in [1.807, 2.05) is 78.9 Å². The van der Waals surface area contributed by atoms with E-state index in [0.29, 0.717) is 12.0 Å². The molecule has 0 atom stereocenters. The Hall–Kier alpha value is -4.13. The van der Waals surface area contributed by atoms with Gasteiger partial charge in [0.1, 0.15) is 5.84 Å². The normalized spacial score (nSPS) is 14.7. The average molecular weight is 428 g/mol. The van der Waals surface area contributed by atoms with E-state index in [0.717, 1.165) is 41.7 Å². The van der Waals surface area contributed by atoms with Crippen LogP contribution in [-0.4, -0.2) is 36.0 Å². The lowest BCUT2D eigenvalue weighted by Gasteiger charge is -2.24. The number of nitrogens with two attached hydrogens (primary N) is 1. The number of para-hydroxylation sites is 1. The lowest BCUT2D eigenvalue weighted by atomic mass is 10.1. The molecule has 0 unspecified atom stereocenters. The summed E-state index contributed by atoms with van der Waals surface area (Å²) in [5, 5.41) is 16.5. The van der Waals surface area contributed by atoms with Crippen molar-refractivity contribution in [2.75, 3.05) is 22.9 Å². The van der Waals surface area contributed by atoms with E-state index < -0.39 is 5.97 Å². The SMILES string of the molecule is N=C(N)c1ccc(N2CCN(c3ccc(CCC(=O)O)cc3)C2=Nc2ccccc2)cc1. The maximum absolute atomic E-state index is 10.8. The lowest BCUT2D eigenvalue weighted by Crippen LogP contribution is -2.33. The van der Waals surface area contributed by atoms with Crippen molar-refractivity contribution in [3.63, 3.8) is 0 Å². The van der Waals surface area contributed by atoms with E-state index in [1.165, 1.54) is 0 Å². The summed E-state index contributed by atoms with van der Waals surface area (Å²) < 4.78 is 0. The first-order chi connectivity index (χ1) is 15.5. The molecule has 0 saturated carbocycles. The fourth-order valence-corrected chi connectivity index (χ4v) is 3.69. The molecular weight excluding hydrogens is 402 g/mol. The number of benzene rings is 3. The van der Waals surface area contributed by atoms with E-state index in [-0.39, 0.29) is 12.3 Å². The maximum Gasteiger partial charge on any atom is 0.303 e. The molecule has 4 N–H and O–H groups in total. The second-order valence-corrected chi connectivity index (χ2v) is 7.57. The van der Waals surface area contributed by atoms with Gasteiger partial charge in [0.25, 0.3) is 0 Å². The van der Waals surface area contributed by atoms with Crippen molar-refractivity contribution >= 4 is 34.8 Å². The molecule has 1 saturated heterocycles. The monoisotopic (exact) mass is 427 g/mol. The van der Waals surface area contributed by atoms with Crippen LogP contribution in [0.5, 0.6) is 0 Å². The van der Waals surface area contributed by atoms with Gasteiger partial charge in [-0.25, -0.2) is 4.99 Å². The van der Waals surface area contributed by atoms with E-state index >= 15 is 0 Å². The Morgan fingerprint density at radius 2 is 1.47 bits per heavy atom. The molecule has 1 heterocycles. The second kappa shape index (κ2) is 9.34. The Morgan fingerprint density at radius 3 is 2.00 bits per heavy atom. The van der Waals surface area contributed by atoms with Gasteiger partial charge in [0.05, 0.1) is 5.69 Å². The van der Waals surface area contributed by atoms with Crippen LogP contribution in [0, 0.1) is 5.41 Å². The van der Waals surface area contributed by atoms with Crippen molar-refractivity contribution in [1.29, 1.82) is 5.41 Å². The standard InChI is InChI=1S/C25H25N5O2/c26-24(27)19-9-13-22(14-10-19)30-17-16-29(25(30)28-20-4-2-1-3-5-20)21-11-6-18(7-12-21)8-15-23(31)32/h1-7,9-14H,8,15-17H2,(H3,26,27)(H,31,32). The highest BCUT2D eigenvalue weighted by Crippen LogP contribution is 2.28. The number of nitrogens with zero attached hydrogens (tertiary/aromatic N) is 3. The number of nitrogens with one attached hydrogen (secondary N) is 1. The van der Waals surface area contributed by atoms with Gasteiger partial charge in [-0.3, -0.25) is 10.2 Å². The van der Waals surface area contributed by atoms with Gasteiger partial charge in [-0.15, -0.1) is 0 Å². The lowest BCUT2D eigenvalue weighted by molar-refractivity contribution is -0.136. The Morgan fingerprint density at radius 1 is 0.906 bits per heavy atom. The maximum atomic E-state index is 10.8. The van der Waals surface area contributed by atoms with Gasteiger partial charge >= 0.3 is 5.97 Å². The number of carboxylic acids is 1. The van der Waals surface area contributed by atoms with Gasteiger partial charge in [-0.05, 0) is 60.5 Å². The number of hydrogen-bond donors (Lipinski definition) is 3. The Balaban J connectivity index is 1.65. The van der Waals surface area contributed by atoms with Crippen molar-refractivity contribution in [1.82, 2.24) is 0 Å². The van der Waals surface area contributed by atoms with Crippen molar-refractivity contribution in [3.8, 4) is 0 Å². The molecule has 7 nitrogen and oxygen atoms in total. The third-order valence-electron chi connectivity index (χ3n) is 5.38. The molecule has 0 amide bonds. The smallest absolute Gasteiger partial charge is 0.303 e. The minimum Gasteiger partial charge on any atom is -0.481 e. The van der Waals surface area contributed by atoms with Gasteiger partial charge in [-0.1, -0.05) is 30.3 Å². The summed E-state index contributed by atoms with van der Waals surface area (Å²) in [5.41, 5.74) is 10.1. The number of aliphatic carboxylic acids is 1. The molecule has 0 radical (unpaired) electrons. The average Bonchev–Trinajstić information content (AvgIpc) is 3.22. The van der Waals surface area contributed by atoms with Gasteiger partial charge in [-0.2, -0.15) is 0 Å². The van der Waals surface area contributed by atoms with Crippen LogP contribution in [0.15, 0.2) is 83.9 Å². The van der Waals surface area contributed by atoms with Crippen molar-refractivity contribution in [3.05, 3.63) is 90.0 Å². The molecule has 0 aliphatic carbocycles. The molecule has 0 bridgehead atoms. The number of hydrogen-bond acceptors (Lipinski definition) is 3. The van der Waals surface area contributed by atoms with Gasteiger partial charge < -0.3 is 20.6 Å². The minimum atomic E-state index is -0.794. The Kier molecular flexibility index (Phi) is 6.17. The second-order valence-electron chi connectivity index (χ2n) is 7.57. The molecule has 1 aliphatic rings. The van der Waals surface area contributed by atoms with E-state index in [9.17, 15) is 4.79 Å². The van der Waals surface area contributed by atoms with Gasteiger partial charge in [0, 0.05) is 36.4 Å². The molecule has 4 rings (SSSR count). The van der Waals surface area contributed by atoms with Gasteiger partial charge in [0.2, 0.25) is 5.96 Å². The van der Waals surface area contributed by atoms with Crippen LogP contribution in [0.4, 0.5) is 17.1 Å². The highest BCUT2D eigenvalue weighted by molar-refractivity contribution is 6.10. The Labute approximate surface area is 186 Å². The number of rotatable bonds is 7. The largest absolute Gasteiger partial charge is 0.481 e. The Bertz CT molecular complexity index is 1130. The zero-order chi connectivity index (χ0) is 22.5. The number of amidine groups is 1. The summed E-state index contributed by atoms with van der Waals surface area (Å²) >= 11 is 0. The fourth-order valence-electron chi connectivity index (χ4n) is 3.69. The number of anilines is 2. The van der Waals surface area contributed by atoms with Gasteiger partial charge in [0.15, 0.2) is 0 Å². The van der Waals surface area contributed by atoms with Crippen LogP contribution >= 0.6 is 0 Å². The first-order valence-corrected chi connectivity index (χ1v) is 10.5. The highest BCUT2D eigenvalue weighted by Gasteiger charge is 2.29. The molecular formula is C25H25N5O2. The number of carbonyl (C=O) groups is 1. The number of guanidine groups is 1. The highest BCUT2D eigenvalue weighted by atomic mass is 16.4. The number of aryl methyl sites for hydroxylation is 1. The summed E-state index contributed by atoms with van der Waals surface area (Å²) in [6, 6.07) is 25.4. The van der Waals surface area contributed by atoms with E-state index in [4.69, 9.17) is 21.2 Å². The predicted octanol–water partition coefficient (Wildman–Crippen LogP) is 4.00. The third-order valence-corrected chi connectivity index (χ3v) is 5.38. The number of nitrogen functional groups attached to an aromatic ring is 1. The molecule has 3 aromatic rings. The van der Waals surface area contributed by atoms with E-state index in [2.05, 4.69) is 9.80 Å². The first kappa shape index (κ1) is 21.1. The first-order valence-electron chi connectivity index (χ1n) is 10.5. The van der Waals surface area contributed by atoms with Crippen LogP contribution in [0.3, 0.4) is 0 Å². The van der Waals surface area contributed by atoms with Crippen molar-refractivity contribution in [2.45, 2.75) is 12.8 Å². The van der Waals surface area contributed by atoms with Crippen LogP contribution in [0.1, 0.15) is 17.5 Å². The van der Waals surface area contributed by atoms with E-state index in [1.54, 1.807) is 0 Å². The molecule has 1 aliphatic heterocycles.